The molecule has 0 aliphatic heterocycles. The van der Waals surface area contributed by atoms with E-state index in [2.05, 4.69) is 4.98 Å². The molecule has 0 aromatic carbocycles. The lowest BCUT2D eigenvalue weighted by Gasteiger charge is -2.13. The standard InChI is InChI=1S/C8H9ClFN/c1-8(2,10)6-3-4-11-7(9)5-6/h3-5H,1-2H3. The van der Waals surface area contributed by atoms with E-state index in [-0.39, 0.29) is 0 Å². The predicted molar refractivity (Wildman–Crippen MR) is 43.4 cm³/mol. The summed E-state index contributed by atoms with van der Waals surface area (Å²) in [5, 5.41) is 0.327. The lowest BCUT2D eigenvalue weighted by atomic mass is 10.0. The molecule has 0 saturated carbocycles. The van der Waals surface area contributed by atoms with E-state index in [9.17, 15) is 4.39 Å². The van der Waals surface area contributed by atoms with Gasteiger partial charge in [0.15, 0.2) is 0 Å². The minimum atomic E-state index is -1.34. The van der Waals surface area contributed by atoms with Gasteiger partial charge >= 0.3 is 0 Å². The molecule has 1 nitrogen and oxygen atoms in total. The quantitative estimate of drug-likeness (QED) is 0.595. The van der Waals surface area contributed by atoms with Gasteiger partial charge < -0.3 is 0 Å². The molecule has 0 bridgehead atoms. The molecule has 1 rings (SSSR count). The summed E-state index contributed by atoms with van der Waals surface area (Å²) in [5.74, 6) is 0. The van der Waals surface area contributed by atoms with Crippen LogP contribution in [0, 0.1) is 0 Å². The average Bonchev–Trinajstić information content (AvgIpc) is 1.86. The lowest BCUT2D eigenvalue weighted by Crippen LogP contribution is -2.08. The fraction of sp³-hybridized carbons (Fsp3) is 0.375. The molecule has 1 heterocycles. The van der Waals surface area contributed by atoms with Crippen LogP contribution in [0.4, 0.5) is 4.39 Å². The summed E-state index contributed by atoms with van der Waals surface area (Å²) in [4.78, 5) is 3.75. The SMILES string of the molecule is CC(C)(F)c1ccnc(Cl)c1. The molecule has 11 heavy (non-hydrogen) atoms. The minimum Gasteiger partial charge on any atom is -0.245 e. The molecular weight excluding hydrogens is 165 g/mol. The first kappa shape index (κ1) is 8.47. The number of halogens is 2. The summed E-state index contributed by atoms with van der Waals surface area (Å²) in [6.45, 7) is 2.97. The van der Waals surface area contributed by atoms with Crippen molar-refractivity contribution in [3.05, 3.63) is 29.0 Å². The fourth-order valence-corrected chi connectivity index (χ4v) is 0.946. The van der Waals surface area contributed by atoms with Crippen LogP contribution in [0.15, 0.2) is 18.3 Å². The van der Waals surface area contributed by atoms with Crippen LogP contribution in [0.25, 0.3) is 0 Å². The molecule has 0 radical (unpaired) electrons. The average molecular weight is 174 g/mol. The Morgan fingerprint density at radius 3 is 2.55 bits per heavy atom. The van der Waals surface area contributed by atoms with E-state index in [1.807, 2.05) is 0 Å². The molecule has 0 aliphatic rings. The number of alkyl halides is 1. The van der Waals surface area contributed by atoms with Gasteiger partial charge in [-0.1, -0.05) is 11.6 Å². The molecule has 60 valence electrons. The van der Waals surface area contributed by atoms with Gasteiger partial charge in [-0.05, 0) is 31.5 Å². The normalized spacial score (nSPS) is 11.6. The molecule has 0 spiro atoms. The van der Waals surface area contributed by atoms with Crippen molar-refractivity contribution in [1.29, 1.82) is 0 Å². The Balaban J connectivity index is 3.06. The maximum Gasteiger partial charge on any atom is 0.130 e. The second-order valence-electron chi connectivity index (χ2n) is 2.84. The molecule has 0 fully saturated rings. The van der Waals surface area contributed by atoms with E-state index in [1.54, 1.807) is 6.07 Å². The molecule has 0 atom stereocenters. The summed E-state index contributed by atoms with van der Waals surface area (Å²) in [6, 6.07) is 3.15. The molecule has 0 N–H and O–H groups in total. The molecule has 3 heteroatoms. The lowest BCUT2D eigenvalue weighted by molar-refractivity contribution is 0.221. The van der Waals surface area contributed by atoms with Gasteiger partial charge in [0.2, 0.25) is 0 Å². The van der Waals surface area contributed by atoms with Crippen LogP contribution in [0.1, 0.15) is 19.4 Å². The topological polar surface area (TPSA) is 12.9 Å². The molecule has 0 saturated heterocycles. The third kappa shape index (κ3) is 2.15. The van der Waals surface area contributed by atoms with Crippen molar-refractivity contribution < 1.29 is 4.39 Å². The van der Waals surface area contributed by atoms with Crippen LogP contribution in [0.2, 0.25) is 5.15 Å². The molecular formula is C8H9ClFN. The van der Waals surface area contributed by atoms with Crippen molar-refractivity contribution in [2.24, 2.45) is 0 Å². The second-order valence-corrected chi connectivity index (χ2v) is 3.23. The van der Waals surface area contributed by atoms with Crippen LogP contribution >= 0.6 is 11.6 Å². The first-order chi connectivity index (χ1) is 5.00. The van der Waals surface area contributed by atoms with Gasteiger partial charge in [0.1, 0.15) is 10.8 Å². The number of hydrogen-bond donors (Lipinski definition) is 0. The van der Waals surface area contributed by atoms with Crippen molar-refractivity contribution in [1.82, 2.24) is 4.98 Å². The Kier molecular flexibility index (Phi) is 2.14. The Bertz CT molecular complexity index is 255. The van der Waals surface area contributed by atoms with Gasteiger partial charge in [0.25, 0.3) is 0 Å². The Morgan fingerprint density at radius 2 is 2.18 bits per heavy atom. The highest BCUT2D eigenvalue weighted by atomic mass is 35.5. The summed E-state index contributed by atoms with van der Waals surface area (Å²) < 4.78 is 13.2. The van der Waals surface area contributed by atoms with Crippen LogP contribution in [-0.2, 0) is 5.67 Å². The smallest absolute Gasteiger partial charge is 0.130 e. The summed E-state index contributed by atoms with van der Waals surface area (Å²) >= 11 is 5.57. The maximum atomic E-state index is 13.2. The van der Waals surface area contributed by atoms with Crippen LogP contribution in [0.5, 0.6) is 0 Å². The number of pyridine rings is 1. The largest absolute Gasteiger partial charge is 0.245 e. The number of aromatic nitrogens is 1. The third-order valence-corrected chi connectivity index (χ3v) is 1.62. The number of hydrogen-bond acceptors (Lipinski definition) is 1. The Morgan fingerprint density at radius 1 is 1.55 bits per heavy atom. The molecule has 0 amide bonds. The van der Waals surface area contributed by atoms with Crippen LogP contribution in [-0.4, -0.2) is 4.98 Å². The minimum absolute atomic E-state index is 0.327. The van der Waals surface area contributed by atoms with Gasteiger partial charge in [-0.15, -0.1) is 0 Å². The highest BCUT2D eigenvalue weighted by Gasteiger charge is 2.18. The number of rotatable bonds is 1. The van der Waals surface area contributed by atoms with Crippen molar-refractivity contribution >= 4 is 11.6 Å². The third-order valence-electron chi connectivity index (χ3n) is 1.41. The summed E-state index contributed by atoms with van der Waals surface area (Å²) in [5.41, 5.74) is -0.787. The molecule has 1 aromatic rings. The second kappa shape index (κ2) is 2.78. The van der Waals surface area contributed by atoms with E-state index in [0.717, 1.165) is 0 Å². The summed E-state index contributed by atoms with van der Waals surface area (Å²) in [6.07, 6.45) is 1.50. The highest BCUT2D eigenvalue weighted by molar-refractivity contribution is 6.29. The first-order valence-corrected chi connectivity index (χ1v) is 3.69. The van der Waals surface area contributed by atoms with Crippen molar-refractivity contribution in [3.63, 3.8) is 0 Å². The van der Waals surface area contributed by atoms with E-state index in [4.69, 9.17) is 11.6 Å². The van der Waals surface area contributed by atoms with Crippen molar-refractivity contribution in [2.45, 2.75) is 19.5 Å². The number of nitrogens with zero attached hydrogens (tertiary/aromatic N) is 1. The highest BCUT2D eigenvalue weighted by Crippen LogP contribution is 2.25. The van der Waals surface area contributed by atoms with Crippen molar-refractivity contribution in [2.75, 3.05) is 0 Å². The van der Waals surface area contributed by atoms with Crippen LogP contribution in [0.3, 0.4) is 0 Å². The van der Waals surface area contributed by atoms with Gasteiger partial charge in [0.05, 0.1) is 0 Å². The van der Waals surface area contributed by atoms with E-state index in [0.29, 0.717) is 10.7 Å². The summed E-state index contributed by atoms with van der Waals surface area (Å²) in [7, 11) is 0. The zero-order valence-electron chi connectivity index (χ0n) is 6.44. The Labute approximate surface area is 70.2 Å². The first-order valence-electron chi connectivity index (χ1n) is 3.31. The fourth-order valence-electron chi connectivity index (χ4n) is 0.772. The van der Waals surface area contributed by atoms with E-state index in [1.165, 1.54) is 26.1 Å². The predicted octanol–water partition coefficient (Wildman–Crippen LogP) is 2.94. The molecule has 1 aromatic heterocycles. The van der Waals surface area contributed by atoms with Gasteiger partial charge in [-0.25, -0.2) is 9.37 Å². The zero-order chi connectivity index (χ0) is 8.48. The molecule has 0 unspecified atom stereocenters. The van der Waals surface area contributed by atoms with Crippen molar-refractivity contribution in [3.8, 4) is 0 Å². The van der Waals surface area contributed by atoms with Crippen LogP contribution < -0.4 is 0 Å². The van der Waals surface area contributed by atoms with E-state index >= 15 is 0 Å². The van der Waals surface area contributed by atoms with Gasteiger partial charge in [-0.2, -0.15) is 0 Å². The Hall–Kier alpha value is -0.630. The van der Waals surface area contributed by atoms with Gasteiger partial charge in [0, 0.05) is 6.20 Å². The zero-order valence-corrected chi connectivity index (χ0v) is 7.19. The monoisotopic (exact) mass is 173 g/mol. The maximum absolute atomic E-state index is 13.2. The van der Waals surface area contributed by atoms with E-state index < -0.39 is 5.67 Å². The van der Waals surface area contributed by atoms with Gasteiger partial charge in [-0.3, -0.25) is 0 Å². The molecule has 0 aliphatic carbocycles.